The molecule has 0 saturated heterocycles. The fraction of sp³-hybridized carbons (Fsp3) is 0.278. The van der Waals surface area contributed by atoms with E-state index in [-0.39, 0.29) is 11.9 Å². The molecular weight excluding hydrogens is 248 g/mol. The molecule has 3 rings (SSSR count). The summed E-state index contributed by atoms with van der Waals surface area (Å²) in [4.78, 5) is 12.3. The number of fused-ring (bicyclic) bond motifs is 1. The van der Waals surface area contributed by atoms with Crippen LogP contribution in [0, 0.1) is 5.92 Å². The Morgan fingerprint density at radius 2 is 1.95 bits per heavy atom. The van der Waals surface area contributed by atoms with E-state index >= 15 is 0 Å². The van der Waals surface area contributed by atoms with Crippen LogP contribution in [0.25, 0.3) is 10.8 Å². The molecule has 0 saturated carbocycles. The maximum absolute atomic E-state index is 12.3. The highest BCUT2D eigenvalue weighted by atomic mass is 16.5. The molecule has 0 N–H and O–H groups in total. The van der Waals surface area contributed by atoms with E-state index < -0.39 is 0 Å². The average Bonchev–Trinajstić information content (AvgIpc) is 2.47. The molecule has 2 heteroatoms. The summed E-state index contributed by atoms with van der Waals surface area (Å²) >= 11 is 0. The number of ether oxygens (including phenoxy) is 1. The Morgan fingerprint density at radius 1 is 1.15 bits per heavy atom. The van der Waals surface area contributed by atoms with Crippen LogP contribution in [-0.2, 0) is 4.79 Å². The maximum atomic E-state index is 12.3. The van der Waals surface area contributed by atoms with Crippen molar-refractivity contribution in [1.29, 1.82) is 0 Å². The number of esters is 1. The molecular formula is C18H18O2. The van der Waals surface area contributed by atoms with Crippen molar-refractivity contribution in [2.24, 2.45) is 5.92 Å². The third-order valence-electron chi connectivity index (χ3n) is 3.83. The molecule has 20 heavy (non-hydrogen) atoms. The second-order valence-corrected chi connectivity index (χ2v) is 5.41. The molecule has 1 aliphatic carbocycles. The number of hydrogen-bond donors (Lipinski definition) is 0. The first kappa shape index (κ1) is 12.9. The van der Waals surface area contributed by atoms with Gasteiger partial charge in [0.15, 0.2) is 0 Å². The minimum Gasteiger partial charge on any atom is -0.425 e. The number of rotatable bonds is 2. The smallest absolute Gasteiger partial charge is 0.318 e. The fourth-order valence-electron chi connectivity index (χ4n) is 2.77. The standard InChI is InChI=1S/C18H18O2/c1-13-6-4-9-15(12-13)18(19)20-17-11-5-8-14-7-2-3-10-16(14)17/h2-3,5,7-8,10-12,15H,4,6,9H2,1H3. The van der Waals surface area contributed by atoms with Gasteiger partial charge in [-0.15, -0.1) is 0 Å². The van der Waals surface area contributed by atoms with Gasteiger partial charge in [-0.3, -0.25) is 4.79 Å². The number of carbonyl (C=O) groups is 1. The van der Waals surface area contributed by atoms with Gasteiger partial charge in [0, 0.05) is 5.39 Å². The zero-order valence-electron chi connectivity index (χ0n) is 11.6. The third-order valence-corrected chi connectivity index (χ3v) is 3.83. The highest BCUT2D eigenvalue weighted by molar-refractivity contribution is 5.90. The van der Waals surface area contributed by atoms with Crippen molar-refractivity contribution in [2.45, 2.75) is 26.2 Å². The Bertz CT molecular complexity index is 665. The summed E-state index contributed by atoms with van der Waals surface area (Å²) in [5, 5.41) is 2.08. The van der Waals surface area contributed by atoms with E-state index in [2.05, 4.69) is 13.0 Å². The van der Waals surface area contributed by atoms with E-state index in [1.165, 1.54) is 5.57 Å². The summed E-state index contributed by atoms with van der Waals surface area (Å²) in [5.74, 6) is 0.424. The Hall–Kier alpha value is -2.09. The lowest BCUT2D eigenvalue weighted by Gasteiger charge is -2.18. The van der Waals surface area contributed by atoms with Gasteiger partial charge in [-0.25, -0.2) is 0 Å². The summed E-state index contributed by atoms with van der Waals surface area (Å²) in [5.41, 5.74) is 1.29. The Balaban J connectivity index is 1.86. The minimum atomic E-state index is -0.139. The second kappa shape index (κ2) is 5.49. The first-order chi connectivity index (χ1) is 9.74. The van der Waals surface area contributed by atoms with Crippen LogP contribution in [0.3, 0.4) is 0 Å². The van der Waals surface area contributed by atoms with Gasteiger partial charge in [0.25, 0.3) is 0 Å². The summed E-state index contributed by atoms with van der Waals surface area (Å²) in [7, 11) is 0. The molecule has 2 aromatic rings. The quantitative estimate of drug-likeness (QED) is 0.455. The van der Waals surface area contributed by atoms with Gasteiger partial charge in [-0.2, -0.15) is 0 Å². The second-order valence-electron chi connectivity index (χ2n) is 5.41. The number of benzene rings is 2. The lowest BCUT2D eigenvalue weighted by atomic mass is 9.91. The van der Waals surface area contributed by atoms with Crippen LogP contribution >= 0.6 is 0 Å². The summed E-state index contributed by atoms with van der Waals surface area (Å²) in [6.07, 6.45) is 5.10. The SMILES string of the molecule is CC1=CC(C(=O)Oc2cccc3ccccc23)CCC1. The molecule has 1 unspecified atom stereocenters. The molecule has 0 bridgehead atoms. The minimum absolute atomic E-state index is 0.0947. The van der Waals surface area contributed by atoms with Crippen LogP contribution in [0.2, 0.25) is 0 Å². The van der Waals surface area contributed by atoms with Gasteiger partial charge in [0.05, 0.1) is 5.92 Å². The molecule has 0 aliphatic heterocycles. The largest absolute Gasteiger partial charge is 0.425 e. The first-order valence-corrected chi connectivity index (χ1v) is 7.11. The molecule has 0 amide bonds. The normalized spacial score (nSPS) is 18.6. The molecule has 0 fully saturated rings. The molecule has 2 nitrogen and oxygen atoms in total. The van der Waals surface area contributed by atoms with Crippen molar-refractivity contribution in [3.8, 4) is 5.75 Å². The molecule has 0 heterocycles. The van der Waals surface area contributed by atoms with Gasteiger partial charge in [-0.05, 0) is 37.6 Å². The van der Waals surface area contributed by atoms with Crippen LogP contribution in [0.4, 0.5) is 0 Å². The van der Waals surface area contributed by atoms with E-state index in [9.17, 15) is 4.79 Å². The summed E-state index contributed by atoms with van der Waals surface area (Å²) < 4.78 is 5.63. The third kappa shape index (κ3) is 2.60. The lowest BCUT2D eigenvalue weighted by molar-refractivity contribution is -0.137. The topological polar surface area (TPSA) is 26.3 Å². The van der Waals surface area contributed by atoms with Crippen molar-refractivity contribution >= 4 is 16.7 Å². The monoisotopic (exact) mass is 266 g/mol. The molecule has 1 atom stereocenters. The number of hydrogen-bond acceptors (Lipinski definition) is 2. The first-order valence-electron chi connectivity index (χ1n) is 7.11. The van der Waals surface area contributed by atoms with Gasteiger partial charge in [0.1, 0.15) is 5.75 Å². The van der Waals surface area contributed by atoms with Crippen molar-refractivity contribution in [2.75, 3.05) is 0 Å². The molecule has 0 spiro atoms. The van der Waals surface area contributed by atoms with Gasteiger partial charge in [0.2, 0.25) is 0 Å². The maximum Gasteiger partial charge on any atom is 0.318 e. The van der Waals surface area contributed by atoms with Crippen molar-refractivity contribution < 1.29 is 9.53 Å². The lowest BCUT2D eigenvalue weighted by Crippen LogP contribution is -2.21. The molecule has 2 aromatic carbocycles. The molecule has 0 aromatic heterocycles. The van der Waals surface area contributed by atoms with Crippen LogP contribution in [0.1, 0.15) is 26.2 Å². The van der Waals surface area contributed by atoms with E-state index in [1.54, 1.807) is 0 Å². The van der Waals surface area contributed by atoms with Crippen LogP contribution < -0.4 is 4.74 Å². The predicted octanol–water partition coefficient (Wildman–Crippen LogP) is 4.49. The Labute approximate surface area is 119 Å². The van der Waals surface area contributed by atoms with Crippen molar-refractivity contribution in [1.82, 2.24) is 0 Å². The average molecular weight is 266 g/mol. The fourth-order valence-corrected chi connectivity index (χ4v) is 2.77. The van der Waals surface area contributed by atoms with E-state index in [0.717, 1.165) is 30.0 Å². The zero-order chi connectivity index (χ0) is 13.9. The highest BCUT2D eigenvalue weighted by Crippen LogP contribution is 2.28. The van der Waals surface area contributed by atoms with Gasteiger partial charge in [-0.1, -0.05) is 48.0 Å². The Morgan fingerprint density at radius 3 is 2.80 bits per heavy atom. The molecule has 102 valence electrons. The Kier molecular flexibility index (Phi) is 3.55. The van der Waals surface area contributed by atoms with E-state index in [0.29, 0.717) is 5.75 Å². The van der Waals surface area contributed by atoms with Crippen LogP contribution in [0.5, 0.6) is 5.75 Å². The van der Waals surface area contributed by atoms with Crippen molar-refractivity contribution in [3.63, 3.8) is 0 Å². The number of carbonyl (C=O) groups excluding carboxylic acids is 1. The molecule has 0 radical (unpaired) electrons. The van der Waals surface area contributed by atoms with Gasteiger partial charge >= 0.3 is 5.97 Å². The van der Waals surface area contributed by atoms with E-state index in [1.807, 2.05) is 42.5 Å². The zero-order valence-corrected chi connectivity index (χ0v) is 11.6. The highest BCUT2D eigenvalue weighted by Gasteiger charge is 2.21. The van der Waals surface area contributed by atoms with Crippen LogP contribution in [0.15, 0.2) is 54.1 Å². The predicted molar refractivity (Wildman–Crippen MR) is 80.7 cm³/mol. The number of allylic oxidation sites excluding steroid dienone is 1. The van der Waals surface area contributed by atoms with E-state index in [4.69, 9.17) is 4.74 Å². The van der Waals surface area contributed by atoms with Crippen LogP contribution in [-0.4, -0.2) is 5.97 Å². The van der Waals surface area contributed by atoms with Crippen molar-refractivity contribution in [3.05, 3.63) is 54.1 Å². The molecule has 1 aliphatic rings. The summed E-state index contributed by atoms with van der Waals surface area (Å²) in [6.45, 7) is 2.08. The van der Waals surface area contributed by atoms with Gasteiger partial charge < -0.3 is 4.74 Å². The summed E-state index contributed by atoms with van der Waals surface area (Å²) in [6, 6.07) is 13.8.